The van der Waals surface area contributed by atoms with Gasteiger partial charge in [-0.1, -0.05) is 18.2 Å². The molecule has 1 aliphatic rings. The molecule has 0 bridgehead atoms. The van der Waals surface area contributed by atoms with Gasteiger partial charge in [-0.2, -0.15) is 0 Å². The normalized spacial score (nSPS) is 15.4. The molecule has 0 aliphatic carbocycles. The maximum Gasteiger partial charge on any atom is 0.129 e. The van der Waals surface area contributed by atoms with Gasteiger partial charge in [-0.3, -0.25) is 0 Å². The second-order valence-corrected chi connectivity index (χ2v) is 8.95. The van der Waals surface area contributed by atoms with Crippen LogP contribution in [-0.4, -0.2) is 12.6 Å². The van der Waals surface area contributed by atoms with Crippen LogP contribution < -0.4 is 15.8 Å². The molecule has 0 radical (unpaired) electrons. The summed E-state index contributed by atoms with van der Waals surface area (Å²) in [5.74, 6) is -0.298. The summed E-state index contributed by atoms with van der Waals surface area (Å²) in [6.45, 7) is 8.19. The van der Waals surface area contributed by atoms with Crippen LogP contribution in [0.25, 0.3) is 16.7 Å². The number of fused-ring (bicyclic) bond motifs is 1. The number of allylic oxidation sites excluding steroid dienone is 1. The van der Waals surface area contributed by atoms with Crippen molar-refractivity contribution in [1.29, 1.82) is 0 Å². The van der Waals surface area contributed by atoms with Crippen molar-refractivity contribution in [3.63, 3.8) is 0 Å². The van der Waals surface area contributed by atoms with Gasteiger partial charge in [0.25, 0.3) is 0 Å². The third kappa shape index (κ3) is 3.89. The van der Waals surface area contributed by atoms with Crippen LogP contribution in [0.2, 0.25) is 0 Å². The van der Waals surface area contributed by atoms with Gasteiger partial charge in [0.05, 0.1) is 18.7 Å². The third-order valence-corrected chi connectivity index (χ3v) is 6.02. The number of anilines is 1. The number of halogens is 2. The first-order valence-electron chi connectivity index (χ1n) is 10.6. The van der Waals surface area contributed by atoms with Gasteiger partial charge in [-0.05, 0) is 85.9 Å². The summed E-state index contributed by atoms with van der Waals surface area (Å²) < 4.78 is 33.6. The Morgan fingerprint density at radius 2 is 1.59 bits per heavy atom. The number of nitrogens with two attached hydrogens (primary N) is 1. The number of ether oxygens (including phenoxy) is 1. The topological polar surface area (TPSA) is 47.3 Å². The number of hydrogen-bond donors (Lipinski definition) is 2. The fourth-order valence-corrected chi connectivity index (χ4v) is 4.69. The fraction of sp³-hybridized carbons (Fsp3) is 0.259. The van der Waals surface area contributed by atoms with Crippen molar-refractivity contribution >= 4 is 11.3 Å². The maximum absolute atomic E-state index is 14.2. The lowest BCUT2D eigenvalue weighted by atomic mass is 9.80. The minimum Gasteiger partial charge on any atom is -0.496 e. The summed E-state index contributed by atoms with van der Waals surface area (Å²) in [4.78, 5) is 0. The van der Waals surface area contributed by atoms with E-state index in [9.17, 15) is 8.78 Å². The monoisotopic (exact) mass is 434 g/mol. The second kappa shape index (κ2) is 8.06. The Labute approximate surface area is 187 Å². The van der Waals surface area contributed by atoms with Crippen LogP contribution in [0.1, 0.15) is 49.1 Å². The number of nitrogens with one attached hydrogen (secondary N) is 1. The molecule has 0 fully saturated rings. The first kappa shape index (κ1) is 22.0. The fourth-order valence-electron chi connectivity index (χ4n) is 4.69. The van der Waals surface area contributed by atoms with Gasteiger partial charge >= 0.3 is 0 Å². The molecule has 1 unspecified atom stereocenters. The lowest BCUT2D eigenvalue weighted by Crippen LogP contribution is -2.32. The molecule has 0 aromatic heterocycles. The predicted octanol–water partition coefficient (Wildman–Crippen LogP) is 6.60. The summed E-state index contributed by atoms with van der Waals surface area (Å²) in [5.41, 5.74) is 13.7. The first-order valence-corrected chi connectivity index (χ1v) is 10.6. The Hall–Kier alpha value is -3.18. The molecule has 1 heterocycles. The number of benzene rings is 3. The molecular formula is C27H28F2N2O. The van der Waals surface area contributed by atoms with Gasteiger partial charge in [0, 0.05) is 22.9 Å². The average Bonchev–Trinajstić information content (AvgIpc) is 2.73. The Bertz CT molecular complexity index is 1230. The van der Waals surface area contributed by atoms with Crippen LogP contribution in [0.5, 0.6) is 5.75 Å². The summed E-state index contributed by atoms with van der Waals surface area (Å²) in [5, 5.41) is 3.56. The lowest BCUT2D eigenvalue weighted by molar-refractivity contribution is 0.413. The highest BCUT2D eigenvalue weighted by molar-refractivity contribution is 5.89. The Morgan fingerprint density at radius 3 is 2.31 bits per heavy atom. The summed E-state index contributed by atoms with van der Waals surface area (Å²) in [6, 6.07) is 12.5. The second-order valence-electron chi connectivity index (χ2n) is 8.95. The Morgan fingerprint density at radius 1 is 0.938 bits per heavy atom. The smallest absolute Gasteiger partial charge is 0.129 e. The Kier molecular flexibility index (Phi) is 5.55. The number of methoxy groups -OCH3 is 1. The highest BCUT2D eigenvalue weighted by Crippen LogP contribution is 2.45. The van der Waals surface area contributed by atoms with E-state index in [0.717, 1.165) is 39.1 Å². The van der Waals surface area contributed by atoms with Crippen LogP contribution in [0, 0.1) is 18.6 Å². The number of aryl methyl sites for hydroxylation is 1. The molecule has 3 nitrogen and oxygen atoms in total. The van der Waals surface area contributed by atoms with Gasteiger partial charge in [0.1, 0.15) is 17.4 Å². The molecule has 0 amide bonds. The summed E-state index contributed by atoms with van der Waals surface area (Å²) in [6.07, 6.45) is 2.16. The van der Waals surface area contributed by atoms with Crippen LogP contribution in [0.3, 0.4) is 0 Å². The minimum atomic E-state index is -0.600. The molecule has 0 spiro atoms. The van der Waals surface area contributed by atoms with Crippen molar-refractivity contribution in [3.8, 4) is 16.9 Å². The zero-order chi connectivity index (χ0) is 23.2. The number of rotatable bonds is 4. The van der Waals surface area contributed by atoms with E-state index in [1.807, 2.05) is 19.1 Å². The molecule has 4 rings (SSSR count). The standard InChI is InChI=1S/C27H28F2N2O/c1-15-6-7-17(28)12-21(15)26(30)25-20(19-9-8-18(29)13-23(19)32-5)10-11-22-24(25)16(2)14-27(3,4)31-22/h6-14,26,31H,30H2,1-5H3. The molecular weight excluding hydrogens is 406 g/mol. The van der Waals surface area contributed by atoms with Gasteiger partial charge in [-0.25, -0.2) is 8.78 Å². The molecule has 3 N–H and O–H groups in total. The molecule has 5 heteroatoms. The van der Waals surface area contributed by atoms with E-state index < -0.39 is 6.04 Å². The minimum absolute atomic E-state index is 0.220. The molecule has 1 aliphatic heterocycles. The van der Waals surface area contributed by atoms with Gasteiger partial charge in [0.2, 0.25) is 0 Å². The van der Waals surface area contributed by atoms with E-state index >= 15 is 0 Å². The summed E-state index contributed by atoms with van der Waals surface area (Å²) >= 11 is 0. The number of hydrogen-bond acceptors (Lipinski definition) is 3. The molecule has 3 aromatic rings. The SMILES string of the molecule is COc1cc(F)ccc1-c1ccc2c(c1C(N)c1cc(F)ccc1C)C(C)=CC(C)(C)N2. The van der Waals surface area contributed by atoms with E-state index in [2.05, 4.69) is 32.2 Å². The van der Waals surface area contributed by atoms with Gasteiger partial charge in [-0.15, -0.1) is 0 Å². The molecule has 0 saturated heterocycles. The highest BCUT2D eigenvalue weighted by atomic mass is 19.1. The van der Waals surface area contributed by atoms with Gasteiger partial charge in [0.15, 0.2) is 0 Å². The zero-order valence-corrected chi connectivity index (χ0v) is 19.0. The molecule has 0 saturated carbocycles. The Balaban J connectivity index is 2.05. The van der Waals surface area contributed by atoms with E-state index in [1.54, 1.807) is 12.1 Å². The van der Waals surface area contributed by atoms with E-state index in [1.165, 1.54) is 31.4 Å². The van der Waals surface area contributed by atoms with Crippen molar-refractivity contribution in [2.24, 2.45) is 5.73 Å². The molecule has 32 heavy (non-hydrogen) atoms. The van der Waals surface area contributed by atoms with Crippen molar-refractivity contribution in [2.75, 3.05) is 12.4 Å². The van der Waals surface area contributed by atoms with E-state index in [0.29, 0.717) is 11.3 Å². The van der Waals surface area contributed by atoms with E-state index in [-0.39, 0.29) is 17.2 Å². The van der Waals surface area contributed by atoms with Crippen LogP contribution in [0.15, 0.2) is 54.6 Å². The zero-order valence-electron chi connectivity index (χ0n) is 19.0. The largest absolute Gasteiger partial charge is 0.496 e. The first-order chi connectivity index (χ1) is 15.1. The third-order valence-electron chi connectivity index (χ3n) is 6.02. The lowest BCUT2D eigenvalue weighted by Gasteiger charge is -2.35. The van der Waals surface area contributed by atoms with E-state index in [4.69, 9.17) is 10.5 Å². The van der Waals surface area contributed by atoms with Gasteiger partial charge < -0.3 is 15.8 Å². The van der Waals surface area contributed by atoms with Crippen LogP contribution in [-0.2, 0) is 0 Å². The quantitative estimate of drug-likeness (QED) is 0.486. The van der Waals surface area contributed by atoms with Crippen molar-refractivity contribution < 1.29 is 13.5 Å². The van der Waals surface area contributed by atoms with Crippen LogP contribution in [0.4, 0.5) is 14.5 Å². The summed E-state index contributed by atoms with van der Waals surface area (Å²) in [7, 11) is 1.52. The van der Waals surface area contributed by atoms with Crippen molar-refractivity contribution in [3.05, 3.63) is 88.5 Å². The molecule has 166 valence electrons. The maximum atomic E-state index is 14.2. The van der Waals surface area contributed by atoms with Crippen molar-refractivity contribution in [2.45, 2.75) is 39.3 Å². The van der Waals surface area contributed by atoms with Crippen molar-refractivity contribution in [1.82, 2.24) is 0 Å². The average molecular weight is 435 g/mol. The highest BCUT2D eigenvalue weighted by Gasteiger charge is 2.30. The predicted molar refractivity (Wildman–Crippen MR) is 127 cm³/mol. The molecule has 1 atom stereocenters. The van der Waals surface area contributed by atoms with Crippen LogP contribution >= 0.6 is 0 Å². The molecule has 3 aromatic carbocycles.